The highest BCUT2D eigenvalue weighted by Crippen LogP contribution is 2.73. The van der Waals surface area contributed by atoms with Gasteiger partial charge in [-0.15, -0.1) is 0 Å². The standard InChI is InChI=1S/C38H44O10/c1-20-17-29(46-33(40)23(20)19-45-34(41)27-7-5-15-43-27)21(2)24-9-10-25-22-18-32-38(48-32)31(47-35(42)28-8-6-16-44-28)12-11-30(39)37(38,4)26(22)13-14-36(24,25)3/h5-8,11-12,15-16,21-22,24-26,29,31-33,40H,9-10,13-14,17-19H2,1-4H3/t21-,22-,24+,25-,26-,29+,31-,32+,33?,36+,37-,38+/m0/s1. The summed E-state index contributed by atoms with van der Waals surface area (Å²) in [6.45, 7) is 8.65. The molecule has 10 heteroatoms. The second-order valence-corrected chi connectivity index (χ2v) is 15.4. The maximum atomic E-state index is 13.9. The van der Waals surface area contributed by atoms with Gasteiger partial charge in [0.2, 0.25) is 11.5 Å². The van der Waals surface area contributed by atoms with Crippen LogP contribution in [0.5, 0.6) is 0 Å². The van der Waals surface area contributed by atoms with Crippen LogP contribution in [0.3, 0.4) is 0 Å². The van der Waals surface area contributed by atoms with E-state index in [1.807, 2.05) is 6.92 Å². The molecule has 4 aliphatic carbocycles. The Balaban J connectivity index is 0.975. The predicted molar refractivity (Wildman–Crippen MR) is 169 cm³/mol. The van der Waals surface area contributed by atoms with Gasteiger partial charge >= 0.3 is 11.9 Å². The van der Waals surface area contributed by atoms with E-state index in [-0.39, 0.29) is 53.4 Å². The van der Waals surface area contributed by atoms with E-state index in [0.717, 1.165) is 37.7 Å². The molecule has 0 radical (unpaired) electrons. The molecular formula is C38H44O10. The molecule has 1 unspecified atom stereocenters. The fourth-order valence-electron chi connectivity index (χ4n) is 11.1. The van der Waals surface area contributed by atoms with E-state index >= 15 is 0 Å². The summed E-state index contributed by atoms with van der Waals surface area (Å²) in [5, 5.41) is 11.0. The summed E-state index contributed by atoms with van der Waals surface area (Å²) in [6.07, 6.45) is 9.55. The Morgan fingerprint density at radius 3 is 2.46 bits per heavy atom. The average molecular weight is 661 g/mol. The Hall–Kier alpha value is -3.47. The minimum Gasteiger partial charge on any atom is -0.457 e. The summed E-state index contributed by atoms with van der Waals surface area (Å²) >= 11 is 0. The highest BCUT2D eigenvalue weighted by atomic mass is 16.7. The molecule has 0 amide bonds. The molecule has 8 rings (SSSR count). The molecule has 2 aromatic heterocycles. The van der Waals surface area contributed by atoms with Gasteiger partial charge in [-0.25, -0.2) is 9.59 Å². The Morgan fingerprint density at radius 2 is 1.77 bits per heavy atom. The number of fused-ring (bicyclic) bond motifs is 4. The lowest BCUT2D eigenvalue weighted by Gasteiger charge is -2.58. The van der Waals surface area contributed by atoms with Crippen LogP contribution in [0.15, 0.2) is 68.9 Å². The SMILES string of the molecule is CC1=C(COC(=O)c2ccco2)C(O)O[C@@H]([C@@H](C)[C@H]2CC[C@H]3[C@@H]4C[C@H]5O[C@]56[C@@H](OC(=O)c5ccco5)C=CC(=O)[C@]6(C)[C@H]4CC[C@]23C)C1. The van der Waals surface area contributed by atoms with Gasteiger partial charge in [0.15, 0.2) is 18.2 Å². The van der Waals surface area contributed by atoms with Crippen molar-refractivity contribution in [2.24, 2.45) is 40.4 Å². The number of hydrogen-bond acceptors (Lipinski definition) is 10. The third-order valence-corrected chi connectivity index (χ3v) is 13.6. The number of ether oxygens (including phenoxy) is 4. The van der Waals surface area contributed by atoms with Crippen LogP contribution in [-0.2, 0) is 23.7 Å². The summed E-state index contributed by atoms with van der Waals surface area (Å²) in [5.41, 5.74) is -0.0211. The Labute approximate surface area is 279 Å². The first-order chi connectivity index (χ1) is 23.0. The zero-order valence-electron chi connectivity index (χ0n) is 27.9. The lowest BCUT2D eigenvalue weighted by molar-refractivity contribution is -0.161. The van der Waals surface area contributed by atoms with Crippen LogP contribution >= 0.6 is 0 Å². The van der Waals surface area contributed by atoms with Gasteiger partial charge in [-0.3, -0.25) is 4.79 Å². The minimum atomic E-state index is -1.14. The van der Waals surface area contributed by atoms with Crippen LogP contribution < -0.4 is 0 Å². The van der Waals surface area contributed by atoms with E-state index in [4.69, 9.17) is 27.8 Å². The second kappa shape index (κ2) is 11.3. The fraction of sp³-hybridized carbons (Fsp3) is 0.605. The smallest absolute Gasteiger partial charge is 0.374 e. The minimum absolute atomic E-state index is 0.0509. The zero-order chi connectivity index (χ0) is 33.6. The summed E-state index contributed by atoms with van der Waals surface area (Å²) in [4.78, 5) is 39.1. The predicted octanol–water partition coefficient (Wildman–Crippen LogP) is 6.06. The van der Waals surface area contributed by atoms with Crippen LogP contribution in [0.1, 0.15) is 87.3 Å². The molecule has 0 bridgehead atoms. The highest BCUT2D eigenvalue weighted by Gasteiger charge is 2.81. The zero-order valence-corrected chi connectivity index (χ0v) is 27.9. The summed E-state index contributed by atoms with van der Waals surface area (Å²) in [6, 6.07) is 6.39. The van der Waals surface area contributed by atoms with Crippen molar-refractivity contribution >= 4 is 17.7 Å². The van der Waals surface area contributed by atoms with E-state index in [1.54, 1.807) is 36.4 Å². The molecule has 1 spiro atoms. The number of aliphatic hydroxyl groups is 1. The molecule has 4 heterocycles. The third kappa shape index (κ3) is 4.51. The first-order valence-electron chi connectivity index (χ1n) is 17.4. The largest absolute Gasteiger partial charge is 0.457 e. The third-order valence-electron chi connectivity index (χ3n) is 13.6. The van der Waals surface area contributed by atoms with Gasteiger partial charge in [-0.2, -0.15) is 0 Å². The molecule has 256 valence electrons. The molecule has 1 N–H and O–H groups in total. The van der Waals surface area contributed by atoms with Crippen molar-refractivity contribution in [2.45, 2.75) is 96.4 Å². The molecule has 3 saturated carbocycles. The maximum Gasteiger partial charge on any atom is 0.374 e. The van der Waals surface area contributed by atoms with E-state index < -0.39 is 35.3 Å². The van der Waals surface area contributed by atoms with Gasteiger partial charge in [0.25, 0.3) is 0 Å². The summed E-state index contributed by atoms with van der Waals surface area (Å²) < 4.78 is 34.6. The van der Waals surface area contributed by atoms with Gasteiger partial charge in [0.1, 0.15) is 12.2 Å². The van der Waals surface area contributed by atoms with Gasteiger partial charge < -0.3 is 32.9 Å². The number of rotatable bonds is 7. The van der Waals surface area contributed by atoms with Crippen LogP contribution in [0.2, 0.25) is 0 Å². The Morgan fingerprint density at radius 1 is 1.04 bits per heavy atom. The van der Waals surface area contributed by atoms with E-state index in [1.165, 1.54) is 12.5 Å². The van der Waals surface area contributed by atoms with Crippen molar-refractivity contribution < 1.29 is 47.3 Å². The molecule has 4 fully saturated rings. The number of hydrogen-bond donors (Lipinski definition) is 1. The highest BCUT2D eigenvalue weighted by molar-refractivity contribution is 5.98. The molecule has 12 atom stereocenters. The molecule has 10 nitrogen and oxygen atoms in total. The summed E-state index contributed by atoms with van der Waals surface area (Å²) in [7, 11) is 0. The number of esters is 2. The first-order valence-corrected chi connectivity index (χ1v) is 17.4. The second-order valence-electron chi connectivity index (χ2n) is 15.4. The molecule has 6 aliphatic rings. The van der Waals surface area contributed by atoms with Gasteiger partial charge in [0.05, 0.1) is 30.1 Å². The maximum absolute atomic E-state index is 13.9. The number of ketones is 1. The number of furan rings is 2. The summed E-state index contributed by atoms with van der Waals surface area (Å²) in [5.74, 6) is 0.619. The normalized spacial score (nSPS) is 41.9. The number of aliphatic hydroxyl groups excluding tert-OH is 1. The Kier molecular flexibility index (Phi) is 7.47. The van der Waals surface area contributed by atoms with Crippen LogP contribution in [0, 0.1) is 40.4 Å². The van der Waals surface area contributed by atoms with E-state index in [9.17, 15) is 19.5 Å². The monoisotopic (exact) mass is 660 g/mol. The van der Waals surface area contributed by atoms with Crippen molar-refractivity contribution in [3.63, 3.8) is 0 Å². The average Bonchev–Trinajstić information content (AvgIpc) is 3.51. The molecule has 1 saturated heterocycles. The quantitative estimate of drug-likeness (QED) is 0.212. The van der Waals surface area contributed by atoms with Crippen molar-refractivity contribution in [2.75, 3.05) is 6.61 Å². The van der Waals surface area contributed by atoms with E-state index in [2.05, 4.69) is 20.8 Å². The molecule has 2 aromatic rings. The van der Waals surface area contributed by atoms with Crippen molar-refractivity contribution in [1.29, 1.82) is 0 Å². The molecule has 2 aliphatic heterocycles. The van der Waals surface area contributed by atoms with Crippen LogP contribution in [-0.4, -0.2) is 59.6 Å². The molecule has 48 heavy (non-hydrogen) atoms. The number of carbonyl (C=O) groups excluding carboxylic acids is 3. The molecule has 0 aromatic carbocycles. The van der Waals surface area contributed by atoms with Crippen molar-refractivity contribution in [1.82, 2.24) is 0 Å². The van der Waals surface area contributed by atoms with Gasteiger partial charge in [0, 0.05) is 5.57 Å². The molecular weight excluding hydrogens is 616 g/mol. The van der Waals surface area contributed by atoms with Gasteiger partial charge in [-0.05, 0) is 124 Å². The van der Waals surface area contributed by atoms with Crippen molar-refractivity contribution in [3.05, 3.63) is 71.6 Å². The lowest BCUT2D eigenvalue weighted by Crippen LogP contribution is -2.64. The van der Waals surface area contributed by atoms with Crippen LogP contribution in [0.4, 0.5) is 0 Å². The number of allylic oxidation sites excluding steroid dienone is 1. The Bertz CT molecular complexity index is 1660. The fourth-order valence-corrected chi connectivity index (χ4v) is 11.1. The first kappa shape index (κ1) is 31.8. The van der Waals surface area contributed by atoms with Crippen molar-refractivity contribution in [3.8, 4) is 0 Å². The topological polar surface area (TPSA) is 138 Å². The van der Waals surface area contributed by atoms with Gasteiger partial charge in [-0.1, -0.05) is 19.4 Å². The van der Waals surface area contributed by atoms with Crippen LogP contribution in [0.25, 0.3) is 0 Å². The number of carbonyl (C=O) groups is 3. The van der Waals surface area contributed by atoms with E-state index in [0.29, 0.717) is 29.7 Å². The lowest BCUT2D eigenvalue weighted by atomic mass is 9.44. The number of epoxide rings is 1.